The van der Waals surface area contributed by atoms with Crippen LogP contribution in [-0.4, -0.2) is 10.9 Å². The molecule has 0 atom stereocenters. The van der Waals surface area contributed by atoms with Crippen molar-refractivity contribution in [3.63, 3.8) is 0 Å². The molecular weight excluding hydrogens is 276 g/mol. The normalized spacial score (nSPS) is 10.2. The van der Waals surface area contributed by atoms with Crippen LogP contribution in [0.5, 0.6) is 0 Å². The van der Waals surface area contributed by atoms with E-state index in [1.54, 1.807) is 0 Å². The SMILES string of the molecule is Cc1ccc(C)c(NC(=O)c2cc(Cl)nc(NN)c2)c1. The van der Waals surface area contributed by atoms with E-state index in [-0.39, 0.29) is 11.1 Å². The quantitative estimate of drug-likeness (QED) is 0.461. The molecule has 0 aliphatic rings. The molecule has 0 radical (unpaired) electrons. The molecule has 1 heterocycles. The highest BCUT2D eigenvalue weighted by Crippen LogP contribution is 2.19. The second-order valence-electron chi connectivity index (χ2n) is 4.48. The Labute approximate surface area is 122 Å². The zero-order valence-electron chi connectivity index (χ0n) is 11.2. The summed E-state index contributed by atoms with van der Waals surface area (Å²) < 4.78 is 0. The van der Waals surface area contributed by atoms with E-state index in [0.717, 1.165) is 16.8 Å². The van der Waals surface area contributed by atoms with Gasteiger partial charge < -0.3 is 10.7 Å². The van der Waals surface area contributed by atoms with Crippen molar-refractivity contribution < 1.29 is 4.79 Å². The predicted octanol–water partition coefficient (Wildman–Crippen LogP) is 2.89. The first-order valence-corrected chi connectivity index (χ1v) is 6.40. The number of aryl methyl sites for hydroxylation is 2. The van der Waals surface area contributed by atoms with E-state index in [0.29, 0.717) is 11.4 Å². The molecule has 20 heavy (non-hydrogen) atoms. The Morgan fingerprint density at radius 2 is 2.00 bits per heavy atom. The number of anilines is 2. The number of nitrogens with two attached hydrogens (primary N) is 1. The predicted molar refractivity (Wildman–Crippen MR) is 80.9 cm³/mol. The van der Waals surface area contributed by atoms with Crippen LogP contribution in [0.15, 0.2) is 30.3 Å². The second-order valence-corrected chi connectivity index (χ2v) is 4.87. The Balaban J connectivity index is 2.28. The minimum Gasteiger partial charge on any atom is -0.322 e. The lowest BCUT2D eigenvalue weighted by Crippen LogP contribution is -2.15. The molecule has 1 aromatic heterocycles. The van der Waals surface area contributed by atoms with Crippen LogP contribution in [0.25, 0.3) is 0 Å². The number of nitrogens with one attached hydrogen (secondary N) is 2. The van der Waals surface area contributed by atoms with Gasteiger partial charge >= 0.3 is 0 Å². The van der Waals surface area contributed by atoms with Gasteiger partial charge in [-0.25, -0.2) is 10.8 Å². The van der Waals surface area contributed by atoms with Crippen LogP contribution >= 0.6 is 11.6 Å². The molecule has 0 saturated carbocycles. The fourth-order valence-corrected chi connectivity index (χ4v) is 1.98. The largest absolute Gasteiger partial charge is 0.322 e. The van der Waals surface area contributed by atoms with Crippen molar-refractivity contribution in [2.75, 3.05) is 10.7 Å². The number of carbonyl (C=O) groups is 1. The van der Waals surface area contributed by atoms with Gasteiger partial charge in [0.15, 0.2) is 0 Å². The summed E-state index contributed by atoms with van der Waals surface area (Å²) >= 11 is 5.85. The number of amides is 1. The molecule has 0 saturated heterocycles. The molecule has 2 aromatic rings. The van der Waals surface area contributed by atoms with Gasteiger partial charge in [0.25, 0.3) is 5.91 Å². The van der Waals surface area contributed by atoms with Crippen molar-refractivity contribution in [2.24, 2.45) is 5.84 Å². The standard InChI is InChI=1S/C14H15ClN4O/c1-8-3-4-9(2)11(5-8)17-14(20)10-6-12(15)18-13(7-10)19-16/h3-7H,16H2,1-2H3,(H,17,20)(H,18,19). The summed E-state index contributed by atoms with van der Waals surface area (Å²) in [6.07, 6.45) is 0. The lowest BCUT2D eigenvalue weighted by atomic mass is 10.1. The Morgan fingerprint density at radius 3 is 2.70 bits per heavy atom. The minimum absolute atomic E-state index is 0.201. The van der Waals surface area contributed by atoms with Crippen LogP contribution in [0.3, 0.4) is 0 Å². The number of nitrogen functional groups attached to an aromatic ring is 1. The Bertz CT molecular complexity index is 658. The first-order valence-electron chi connectivity index (χ1n) is 6.02. The molecule has 0 bridgehead atoms. The molecule has 6 heteroatoms. The molecule has 5 nitrogen and oxygen atoms in total. The molecule has 0 aliphatic heterocycles. The summed E-state index contributed by atoms with van der Waals surface area (Å²) in [6, 6.07) is 8.88. The third kappa shape index (κ3) is 3.26. The van der Waals surface area contributed by atoms with Crippen LogP contribution < -0.4 is 16.6 Å². The van der Waals surface area contributed by atoms with E-state index in [2.05, 4.69) is 15.7 Å². The van der Waals surface area contributed by atoms with Crippen molar-refractivity contribution in [3.05, 3.63) is 52.2 Å². The summed E-state index contributed by atoms with van der Waals surface area (Å²) in [6.45, 7) is 3.90. The van der Waals surface area contributed by atoms with Gasteiger partial charge in [0, 0.05) is 11.3 Å². The molecule has 0 fully saturated rings. The van der Waals surface area contributed by atoms with Crippen molar-refractivity contribution in [3.8, 4) is 0 Å². The van der Waals surface area contributed by atoms with E-state index < -0.39 is 0 Å². The summed E-state index contributed by atoms with van der Waals surface area (Å²) in [5.41, 5.74) is 5.59. The number of pyridine rings is 1. The lowest BCUT2D eigenvalue weighted by Gasteiger charge is -2.10. The summed E-state index contributed by atoms with van der Waals surface area (Å²) in [7, 11) is 0. The monoisotopic (exact) mass is 290 g/mol. The number of hydrogen-bond donors (Lipinski definition) is 3. The van der Waals surface area contributed by atoms with Gasteiger partial charge in [0.2, 0.25) is 0 Å². The summed E-state index contributed by atoms with van der Waals surface area (Å²) in [5.74, 6) is 5.35. The van der Waals surface area contributed by atoms with Crippen LogP contribution in [0.1, 0.15) is 21.5 Å². The van der Waals surface area contributed by atoms with Crippen molar-refractivity contribution in [1.29, 1.82) is 0 Å². The fourth-order valence-electron chi connectivity index (χ4n) is 1.77. The Hall–Kier alpha value is -2.11. The van der Waals surface area contributed by atoms with Gasteiger partial charge in [-0.2, -0.15) is 0 Å². The van der Waals surface area contributed by atoms with Crippen LogP contribution in [0.2, 0.25) is 5.15 Å². The Kier molecular flexibility index (Phi) is 4.22. The number of carbonyl (C=O) groups excluding carboxylic acids is 1. The number of hydrogen-bond acceptors (Lipinski definition) is 4. The number of hydrazine groups is 1. The highest BCUT2D eigenvalue weighted by atomic mass is 35.5. The number of rotatable bonds is 3. The van der Waals surface area contributed by atoms with Gasteiger partial charge in [-0.3, -0.25) is 4.79 Å². The summed E-state index contributed by atoms with van der Waals surface area (Å²) in [5, 5.41) is 3.05. The number of nitrogens with zero attached hydrogens (tertiary/aromatic N) is 1. The zero-order chi connectivity index (χ0) is 14.7. The Morgan fingerprint density at radius 1 is 1.25 bits per heavy atom. The highest BCUT2D eigenvalue weighted by molar-refractivity contribution is 6.30. The van der Waals surface area contributed by atoms with E-state index in [9.17, 15) is 4.79 Å². The van der Waals surface area contributed by atoms with Gasteiger partial charge in [-0.15, -0.1) is 0 Å². The average molecular weight is 291 g/mol. The first-order chi connectivity index (χ1) is 9.49. The van der Waals surface area contributed by atoms with Gasteiger partial charge in [-0.05, 0) is 43.2 Å². The van der Waals surface area contributed by atoms with E-state index >= 15 is 0 Å². The molecule has 2 rings (SSSR count). The molecule has 0 unspecified atom stereocenters. The van der Waals surface area contributed by atoms with Gasteiger partial charge in [0.05, 0.1) is 0 Å². The molecule has 104 valence electrons. The van der Waals surface area contributed by atoms with E-state index in [1.807, 2.05) is 32.0 Å². The fraction of sp³-hybridized carbons (Fsp3) is 0.143. The number of halogens is 1. The topological polar surface area (TPSA) is 80.0 Å². The van der Waals surface area contributed by atoms with Gasteiger partial charge in [-0.1, -0.05) is 23.7 Å². The zero-order valence-corrected chi connectivity index (χ0v) is 12.0. The van der Waals surface area contributed by atoms with Crippen molar-refractivity contribution in [1.82, 2.24) is 4.98 Å². The van der Waals surface area contributed by atoms with Crippen LogP contribution in [0.4, 0.5) is 11.5 Å². The molecule has 1 aromatic carbocycles. The smallest absolute Gasteiger partial charge is 0.255 e. The van der Waals surface area contributed by atoms with Crippen LogP contribution in [-0.2, 0) is 0 Å². The third-order valence-corrected chi connectivity index (χ3v) is 3.04. The highest BCUT2D eigenvalue weighted by Gasteiger charge is 2.10. The lowest BCUT2D eigenvalue weighted by molar-refractivity contribution is 0.102. The number of aromatic nitrogens is 1. The molecular formula is C14H15ClN4O. The maximum Gasteiger partial charge on any atom is 0.255 e. The van der Waals surface area contributed by atoms with Crippen LogP contribution in [0, 0.1) is 13.8 Å². The second kappa shape index (κ2) is 5.90. The molecule has 4 N–H and O–H groups in total. The molecule has 1 amide bonds. The number of benzene rings is 1. The third-order valence-electron chi connectivity index (χ3n) is 2.85. The maximum atomic E-state index is 12.2. The molecule has 0 spiro atoms. The van der Waals surface area contributed by atoms with Crippen molar-refractivity contribution >= 4 is 29.0 Å². The van der Waals surface area contributed by atoms with Gasteiger partial charge in [0.1, 0.15) is 11.0 Å². The van der Waals surface area contributed by atoms with Crippen molar-refractivity contribution in [2.45, 2.75) is 13.8 Å². The maximum absolute atomic E-state index is 12.2. The van der Waals surface area contributed by atoms with E-state index in [1.165, 1.54) is 12.1 Å². The minimum atomic E-state index is -0.264. The average Bonchev–Trinajstić information content (AvgIpc) is 2.42. The molecule has 0 aliphatic carbocycles. The van der Waals surface area contributed by atoms with E-state index in [4.69, 9.17) is 17.4 Å². The summed E-state index contributed by atoms with van der Waals surface area (Å²) in [4.78, 5) is 16.2. The first kappa shape index (κ1) is 14.3.